The summed E-state index contributed by atoms with van der Waals surface area (Å²) in [5.74, 6) is 1.47. The van der Waals surface area contributed by atoms with Gasteiger partial charge in [0.2, 0.25) is 0 Å². The summed E-state index contributed by atoms with van der Waals surface area (Å²) in [5, 5.41) is 19.6. The maximum atomic E-state index is 6.29. The van der Waals surface area contributed by atoms with Crippen LogP contribution in [0.4, 0.5) is 0 Å². The second-order valence-electron chi connectivity index (χ2n) is 17.8. The summed E-state index contributed by atoms with van der Waals surface area (Å²) < 4.78 is 12.6. The molecule has 2 aromatic heterocycles. The summed E-state index contributed by atoms with van der Waals surface area (Å²) in [6.45, 7) is 23.1. The van der Waals surface area contributed by atoms with Crippen LogP contribution >= 0.6 is 0 Å². The molecule has 8 heteroatoms. The Bertz CT molecular complexity index is 1970. The zero-order valence-electron chi connectivity index (χ0n) is 32.5. The summed E-state index contributed by atoms with van der Waals surface area (Å²) >= 11 is 0. The zero-order chi connectivity index (χ0) is 36.9. The van der Waals surface area contributed by atoms with Crippen LogP contribution in [0.15, 0.2) is 72.8 Å². The summed E-state index contributed by atoms with van der Waals surface area (Å²) in [6, 6.07) is 24.9. The van der Waals surface area contributed by atoms with Crippen LogP contribution in [0.1, 0.15) is 104 Å². The van der Waals surface area contributed by atoms with Crippen molar-refractivity contribution in [3.05, 3.63) is 95.1 Å². The second-order valence-corrected chi connectivity index (χ2v) is 17.8. The average molecular weight is 687 g/mol. The lowest BCUT2D eigenvalue weighted by atomic mass is 9.71. The molecule has 0 unspecified atom stereocenters. The van der Waals surface area contributed by atoms with Gasteiger partial charge in [-0.3, -0.25) is 0 Å². The zero-order valence-corrected chi connectivity index (χ0v) is 32.5. The largest absolute Gasteiger partial charge is 0.494 e. The van der Waals surface area contributed by atoms with E-state index in [0.717, 1.165) is 68.9 Å². The Morgan fingerprint density at radius 1 is 0.490 bits per heavy atom. The Morgan fingerprint density at radius 3 is 1.08 bits per heavy atom. The molecule has 4 aromatic carbocycles. The molecule has 8 nitrogen and oxygen atoms in total. The van der Waals surface area contributed by atoms with Crippen molar-refractivity contribution in [3.8, 4) is 22.9 Å². The van der Waals surface area contributed by atoms with Gasteiger partial charge in [0.25, 0.3) is 0 Å². The van der Waals surface area contributed by atoms with Crippen molar-refractivity contribution in [2.45, 2.75) is 99.3 Å². The Balaban J connectivity index is 1.60. The van der Waals surface area contributed by atoms with Crippen molar-refractivity contribution in [1.82, 2.24) is 30.0 Å². The van der Waals surface area contributed by atoms with Gasteiger partial charge < -0.3 is 9.47 Å². The van der Waals surface area contributed by atoms with E-state index >= 15 is 0 Å². The maximum absolute atomic E-state index is 6.29. The standard InChI is InChI=1S/C43H54N6O2/c1-40(2,3)26-42(7,8)30-22-28(38(50-11)36(24-30)48-44-32-17-13-14-18-33(32)45-48)21-29-23-31(43(9,10)27-41(4,5)6)25-37(39(29)51-12)49-46-34-19-15-16-20-35(34)47-49/h13-20,22-25H,21,26-27H2,1-12H3. The first-order valence-corrected chi connectivity index (χ1v) is 18.0. The molecule has 6 rings (SSSR count). The number of ether oxygens (including phenoxy) is 2. The fourth-order valence-electron chi connectivity index (χ4n) is 8.15. The van der Waals surface area contributed by atoms with Crippen molar-refractivity contribution >= 4 is 22.1 Å². The minimum Gasteiger partial charge on any atom is -0.494 e. The number of hydrogen-bond acceptors (Lipinski definition) is 6. The highest BCUT2D eigenvalue weighted by atomic mass is 16.5. The van der Waals surface area contributed by atoms with E-state index < -0.39 is 0 Å². The van der Waals surface area contributed by atoms with E-state index in [1.54, 1.807) is 23.8 Å². The highest BCUT2D eigenvalue weighted by Crippen LogP contribution is 2.44. The first-order chi connectivity index (χ1) is 23.9. The SMILES string of the molecule is COc1c(Cc2cc(C(C)(C)CC(C)(C)C)cc(-n3nc4ccccc4n3)c2OC)cc(C(C)(C)CC(C)(C)C)cc1-n1nc2ccccc2n1. The number of hydrogen-bond donors (Lipinski definition) is 0. The van der Waals surface area contributed by atoms with Gasteiger partial charge in [0.1, 0.15) is 44.9 Å². The molecule has 6 aromatic rings. The highest BCUT2D eigenvalue weighted by Gasteiger charge is 2.32. The number of benzene rings is 4. The first kappa shape index (κ1) is 36.1. The van der Waals surface area contributed by atoms with Crippen LogP contribution < -0.4 is 9.47 Å². The van der Waals surface area contributed by atoms with Crippen molar-refractivity contribution in [2.75, 3.05) is 14.2 Å². The molecule has 0 saturated carbocycles. The van der Waals surface area contributed by atoms with Gasteiger partial charge in [0.05, 0.1) is 14.2 Å². The van der Waals surface area contributed by atoms with Gasteiger partial charge in [-0.1, -0.05) is 106 Å². The Morgan fingerprint density at radius 2 is 0.804 bits per heavy atom. The third kappa shape index (κ3) is 7.65. The van der Waals surface area contributed by atoms with Crippen LogP contribution in [-0.2, 0) is 17.3 Å². The van der Waals surface area contributed by atoms with E-state index in [9.17, 15) is 0 Å². The fraction of sp³-hybridized carbons (Fsp3) is 0.442. The topological polar surface area (TPSA) is 79.9 Å². The Labute approximate surface area is 303 Å². The van der Waals surface area contributed by atoms with Gasteiger partial charge in [-0.25, -0.2) is 0 Å². The van der Waals surface area contributed by atoms with Gasteiger partial charge in [0.15, 0.2) is 0 Å². The molecule has 0 bridgehead atoms. The van der Waals surface area contributed by atoms with Crippen LogP contribution in [-0.4, -0.2) is 44.2 Å². The maximum Gasteiger partial charge on any atom is 0.149 e. The molecule has 0 atom stereocenters. The van der Waals surface area contributed by atoms with Crippen molar-refractivity contribution < 1.29 is 9.47 Å². The lowest BCUT2D eigenvalue weighted by molar-refractivity contribution is 0.283. The number of rotatable bonds is 10. The van der Waals surface area contributed by atoms with Crippen molar-refractivity contribution in [3.63, 3.8) is 0 Å². The number of aromatic nitrogens is 6. The lowest BCUT2D eigenvalue weighted by Crippen LogP contribution is -2.26. The predicted molar refractivity (Wildman–Crippen MR) is 208 cm³/mol. The molecule has 0 saturated heterocycles. The van der Waals surface area contributed by atoms with Gasteiger partial charge in [-0.05, 0) is 82.0 Å². The minimum absolute atomic E-state index is 0.119. The van der Waals surface area contributed by atoms with E-state index in [1.807, 2.05) is 48.5 Å². The van der Waals surface area contributed by atoms with E-state index in [1.165, 1.54) is 11.1 Å². The molecule has 0 aliphatic heterocycles. The summed E-state index contributed by atoms with van der Waals surface area (Å²) in [4.78, 5) is 3.46. The van der Waals surface area contributed by atoms with E-state index in [0.29, 0.717) is 6.42 Å². The Kier molecular flexibility index (Phi) is 9.28. The van der Waals surface area contributed by atoms with Gasteiger partial charge in [0, 0.05) is 17.5 Å². The molecule has 2 heterocycles. The van der Waals surface area contributed by atoms with E-state index in [4.69, 9.17) is 29.9 Å². The summed E-state index contributed by atoms with van der Waals surface area (Å²) in [5.41, 5.74) is 9.36. The quantitative estimate of drug-likeness (QED) is 0.143. The summed E-state index contributed by atoms with van der Waals surface area (Å²) in [6.07, 6.45) is 2.52. The third-order valence-electron chi connectivity index (χ3n) is 9.59. The normalized spacial score (nSPS) is 12.9. The number of fused-ring (bicyclic) bond motifs is 2. The van der Waals surface area contributed by atoms with Crippen LogP contribution in [0.5, 0.6) is 11.5 Å². The molecule has 0 N–H and O–H groups in total. The van der Waals surface area contributed by atoms with E-state index in [2.05, 4.69) is 93.5 Å². The van der Waals surface area contributed by atoms with E-state index in [-0.39, 0.29) is 21.7 Å². The monoisotopic (exact) mass is 686 g/mol. The highest BCUT2D eigenvalue weighted by molar-refractivity contribution is 5.75. The molecule has 0 amide bonds. The molecule has 51 heavy (non-hydrogen) atoms. The molecule has 0 aliphatic carbocycles. The number of methoxy groups -OCH3 is 2. The molecule has 268 valence electrons. The summed E-state index contributed by atoms with van der Waals surface area (Å²) in [7, 11) is 3.46. The molecule has 0 spiro atoms. The minimum atomic E-state index is -0.147. The average Bonchev–Trinajstić information content (AvgIpc) is 3.66. The fourth-order valence-corrected chi connectivity index (χ4v) is 8.15. The van der Waals surface area contributed by atoms with Crippen LogP contribution in [0.2, 0.25) is 0 Å². The Hall–Kier alpha value is -4.72. The van der Waals surface area contributed by atoms with Crippen LogP contribution in [0.3, 0.4) is 0 Å². The second kappa shape index (κ2) is 13.1. The van der Waals surface area contributed by atoms with Gasteiger partial charge >= 0.3 is 0 Å². The molecular weight excluding hydrogens is 633 g/mol. The first-order valence-electron chi connectivity index (χ1n) is 18.0. The predicted octanol–water partition coefficient (Wildman–Crippen LogP) is 10.2. The smallest absolute Gasteiger partial charge is 0.149 e. The molecule has 0 fully saturated rings. The molecule has 0 aliphatic rings. The van der Waals surface area contributed by atoms with Crippen molar-refractivity contribution in [2.24, 2.45) is 10.8 Å². The molecular formula is C43H54N6O2. The molecule has 0 radical (unpaired) electrons. The van der Waals surface area contributed by atoms with Crippen LogP contribution in [0.25, 0.3) is 33.4 Å². The lowest BCUT2D eigenvalue weighted by Gasteiger charge is -2.34. The number of nitrogens with zero attached hydrogens (tertiary/aromatic N) is 6. The van der Waals surface area contributed by atoms with Crippen LogP contribution in [0, 0.1) is 10.8 Å². The van der Waals surface area contributed by atoms with Crippen molar-refractivity contribution in [1.29, 1.82) is 0 Å². The van der Waals surface area contributed by atoms with Gasteiger partial charge in [-0.2, -0.15) is 0 Å². The van der Waals surface area contributed by atoms with Gasteiger partial charge in [-0.15, -0.1) is 30.0 Å². The third-order valence-corrected chi connectivity index (χ3v) is 9.59.